The summed E-state index contributed by atoms with van der Waals surface area (Å²) in [6.45, 7) is 5.49. The Morgan fingerprint density at radius 2 is 2.04 bits per heavy atom. The van der Waals surface area contributed by atoms with E-state index in [-0.39, 0.29) is 17.9 Å². The normalized spacial score (nSPS) is 25.1. The molecule has 1 heterocycles. The van der Waals surface area contributed by atoms with Crippen molar-refractivity contribution in [2.24, 2.45) is 5.92 Å². The van der Waals surface area contributed by atoms with E-state index >= 15 is 0 Å². The van der Waals surface area contributed by atoms with Gasteiger partial charge in [-0.1, -0.05) is 15.9 Å². The maximum Gasteiger partial charge on any atom is 0.411 e. The Morgan fingerprint density at radius 3 is 2.68 bits per heavy atom. The summed E-state index contributed by atoms with van der Waals surface area (Å²) in [5.41, 5.74) is 6.42. The fourth-order valence-electron chi connectivity index (χ4n) is 3.76. The highest BCUT2D eigenvalue weighted by atomic mass is 79.9. The Hall–Kier alpha value is -1.76. The second-order valence-electron chi connectivity index (χ2n) is 7.78. The van der Waals surface area contributed by atoms with Crippen molar-refractivity contribution < 1.29 is 14.3 Å². The molecule has 0 aromatic heterocycles. The number of fused-ring (bicyclic) bond motifs is 2. The smallest absolute Gasteiger partial charge is 0.411 e. The van der Waals surface area contributed by atoms with Crippen molar-refractivity contribution in [2.75, 3.05) is 11.1 Å². The molecule has 1 aromatic rings. The number of hydrogen-bond donors (Lipinski definition) is 2. The molecule has 2 fully saturated rings. The summed E-state index contributed by atoms with van der Waals surface area (Å²) in [6.07, 6.45) is 2.32. The van der Waals surface area contributed by atoms with Crippen LogP contribution in [-0.4, -0.2) is 34.6 Å². The molecule has 0 spiro atoms. The molecule has 3 atom stereocenters. The van der Waals surface area contributed by atoms with Crippen molar-refractivity contribution in [2.45, 2.75) is 57.7 Å². The summed E-state index contributed by atoms with van der Waals surface area (Å²) < 4.78 is 6.37. The lowest BCUT2D eigenvalue weighted by Gasteiger charge is -2.35. The summed E-state index contributed by atoms with van der Waals surface area (Å²) in [5, 5.41) is 2.88. The molecule has 2 aliphatic rings. The van der Waals surface area contributed by atoms with Gasteiger partial charge in [-0.2, -0.15) is 0 Å². The third-order valence-corrected chi connectivity index (χ3v) is 5.22. The van der Waals surface area contributed by atoms with Crippen molar-refractivity contribution in [3.8, 4) is 0 Å². The number of nitrogen functional groups attached to an aromatic ring is 1. The van der Waals surface area contributed by atoms with Gasteiger partial charge in [0.05, 0.1) is 11.4 Å². The molecule has 0 unspecified atom stereocenters. The lowest BCUT2D eigenvalue weighted by molar-refractivity contribution is -0.122. The number of carbonyl (C=O) groups excluding carboxylic acids is 2. The van der Waals surface area contributed by atoms with Crippen LogP contribution < -0.4 is 11.1 Å². The molecule has 0 radical (unpaired) electrons. The Bertz CT molecular complexity index is 701. The summed E-state index contributed by atoms with van der Waals surface area (Å²) in [5.74, 6) is -0.0266. The van der Waals surface area contributed by atoms with Crippen LogP contribution in [0.15, 0.2) is 22.7 Å². The lowest BCUT2D eigenvalue weighted by Crippen LogP contribution is -2.52. The van der Waals surface area contributed by atoms with Gasteiger partial charge in [-0.25, -0.2) is 4.79 Å². The first kappa shape index (κ1) is 18.0. The van der Waals surface area contributed by atoms with Crippen molar-refractivity contribution in [3.63, 3.8) is 0 Å². The van der Waals surface area contributed by atoms with E-state index in [0.717, 1.165) is 23.7 Å². The number of nitrogens with two attached hydrogens (primary N) is 1. The minimum atomic E-state index is -0.587. The van der Waals surface area contributed by atoms with E-state index in [1.807, 2.05) is 26.8 Å². The molecular weight excluding hydrogens is 386 g/mol. The molecule has 1 saturated carbocycles. The fourth-order valence-corrected chi connectivity index (χ4v) is 4.14. The number of halogens is 1. The molecule has 2 bridgehead atoms. The summed E-state index contributed by atoms with van der Waals surface area (Å²) in [7, 11) is 0. The van der Waals surface area contributed by atoms with Gasteiger partial charge in [-0.3, -0.25) is 9.69 Å². The van der Waals surface area contributed by atoms with E-state index in [1.54, 1.807) is 17.0 Å². The van der Waals surface area contributed by atoms with Gasteiger partial charge in [0, 0.05) is 10.5 Å². The molecular formula is C18H24BrN3O3. The van der Waals surface area contributed by atoms with Gasteiger partial charge in [-0.15, -0.1) is 0 Å². The van der Waals surface area contributed by atoms with E-state index in [1.165, 1.54) is 0 Å². The molecule has 1 aliphatic carbocycles. The number of amides is 2. The number of piperidine rings is 1. The average Bonchev–Trinajstić information content (AvgIpc) is 3.09. The van der Waals surface area contributed by atoms with E-state index in [0.29, 0.717) is 11.4 Å². The predicted molar refractivity (Wildman–Crippen MR) is 100 cm³/mol. The van der Waals surface area contributed by atoms with Gasteiger partial charge in [0.25, 0.3) is 0 Å². The third kappa shape index (κ3) is 3.76. The average molecular weight is 410 g/mol. The van der Waals surface area contributed by atoms with Crippen LogP contribution in [0.5, 0.6) is 0 Å². The predicted octanol–water partition coefficient (Wildman–Crippen LogP) is 3.76. The van der Waals surface area contributed by atoms with Crippen molar-refractivity contribution in [1.82, 2.24) is 4.90 Å². The standard InChI is InChI=1S/C18H24BrN3O3/c1-18(2,3)25-17(24)22-12-6-4-10(8-12)15(22)16(23)21-14-7-5-11(19)9-13(14)20/h5,7,9-10,12,15H,4,6,8,20H2,1-3H3,(H,21,23)/t10-,12+,15-/m0/s1. The second kappa shape index (κ2) is 6.52. The van der Waals surface area contributed by atoms with E-state index in [9.17, 15) is 9.59 Å². The zero-order valence-corrected chi connectivity index (χ0v) is 16.3. The van der Waals surface area contributed by atoms with Crippen molar-refractivity contribution >= 4 is 39.3 Å². The molecule has 136 valence electrons. The third-order valence-electron chi connectivity index (χ3n) is 4.73. The highest BCUT2D eigenvalue weighted by Gasteiger charge is 2.52. The molecule has 1 aliphatic heterocycles. The zero-order chi connectivity index (χ0) is 18.4. The van der Waals surface area contributed by atoms with Crippen LogP contribution in [0.2, 0.25) is 0 Å². The van der Waals surface area contributed by atoms with E-state index < -0.39 is 17.7 Å². The molecule has 3 rings (SSSR count). The number of likely N-dealkylation sites (tertiary alicyclic amines) is 1. The zero-order valence-electron chi connectivity index (χ0n) is 14.7. The van der Waals surface area contributed by atoms with Crippen LogP contribution in [0.25, 0.3) is 0 Å². The lowest BCUT2D eigenvalue weighted by atomic mass is 9.98. The Labute approximate surface area is 156 Å². The topological polar surface area (TPSA) is 84.7 Å². The van der Waals surface area contributed by atoms with Crippen LogP contribution in [0, 0.1) is 5.92 Å². The van der Waals surface area contributed by atoms with Gasteiger partial charge in [-0.05, 0) is 64.2 Å². The van der Waals surface area contributed by atoms with Crippen LogP contribution in [0.4, 0.5) is 16.2 Å². The number of anilines is 2. The summed E-state index contributed by atoms with van der Waals surface area (Å²) in [6, 6.07) is 4.89. The molecule has 6 nitrogen and oxygen atoms in total. The van der Waals surface area contributed by atoms with E-state index in [4.69, 9.17) is 10.5 Å². The molecule has 1 saturated heterocycles. The van der Waals surface area contributed by atoms with Crippen LogP contribution in [0.1, 0.15) is 40.0 Å². The van der Waals surface area contributed by atoms with Gasteiger partial charge >= 0.3 is 6.09 Å². The molecule has 1 aromatic carbocycles. The highest BCUT2D eigenvalue weighted by molar-refractivity contribution is 9.10. The number of ether oxygens (including phenoxy) is 1. The van der Waals surface area contributed by atoms with E-state index in [2.05, 4.69) is 21.2 Å². The SMILES string of the molecule is CC(C)(C)OC(=O)N1[C@@H]2CC[C@@H](C2)[C@H]1C(=O)Nc1ccc(Br)cc1N. The minimum Gasteiger partial charge on any atom is -0.444 e. The highest BCUT2D eigenvalue weighted by Crippen LogP contribution is 2.43. The summed E-state index contributed by atoms with van der Waals surface area (Å²) in [4.78, 5) is 27.1. The molecule has 7 heteroatoms. The molecule has 2 amide bonds. The second-order valence-corrected chi connectivity index (χ2v) is 8.70. The molecule has 3 N–H and O–H groups in total. The first-order valence-corrected chi connectivity index (χ1v) is 9.32. The van der Waals surface area contributed by atoms with Crippen LogP contribution >= 0.6 is 15.9 Å². The number of hydrogen-bond acceptors (Lipinski definition) is 4. The van der Waals surface area contributed by atoms with Crippen LogP contribution in [-0.2, 0) is 9.53 Å². The Kier molecular flexibility index (Phi) is 4.70. The number of nitrogens with one attached hydrogen (secondary N) is 1. The number of nitrogens with zero attached hydrogens (tertiary/aromatic N) is 1. The first-order chi connectivity index (χ1) is 11.7. The molecule has 25 heavy (non-hydrogen) atoms. The number of rotatable bonds is 2. The van der Waals surface area contributed by atoms with Gasteiger partial charge in [0.15, 0.2) is 0 Å². The first-order valence-electron chi connectivity index (χ1n) is 8.53. The number of carbonyl (C=O) groups is 2. The van der Waals surface area contributed by atoms with Gasteiger partial charge in [0.1, 0.15) is 11.6 Å². The van der Waals surface area contributed by atoms with Crippen molar-refractivity contribution in [1.29, 1.82) is 0 Å². The fraction of sp³-hybridized carbons (Fsp3) is 0.556. The summed E-state index contributed by atoms with van der Waals surface area (Å²) >= 11 is 3.35. The maximum atomic E-state index is 12.9. The monoisotopic (exact) mass is 409 g/mol. The Morgan fingerprint density at radius 1 is 1.32 bits per heavy atom. The minimum absolute atomic E-state index is 0.0814. The van der Waals surface area contributed by atoms with Crippen LogP contribution in [0.3, 0.4) is 0 Å². The number of benzene rings is 1. The van der Waals surface area contributed by atoms with Crippen molar-refractivity contribution in [3.05, 3.63) is 22.7 Å². The van der Waals surface area contributed by atoms with Gasteiger partial charge < -0.3 is 15.8 Å². The van der Waals surface area contributed by atoms with Gasteiger partial charge in [0.2, 0.25) is 5.91 Å². The Balaban J connectivity index is 1.78. The maximum absolute atomic E-state index is 12.9. The largest absolute Gasteiger partial charge is 0.444 e. The quantitative estimate of drug-likeness (QED) is 0.728.